The molecule has 1 aliphatic heterocycles. The number of nitrogens with zero attached hydrogens (tertiary/aromatic N) is 3. The van der Waals surface area contributed by atoms with Crippen LogP contribution in [0.1, 0.15) is 73.4 Å². The van der Waals surface area contributed by atoms with Gasteiger partial charge in [-0.2, -0.15) is 0 Å². The first-order valence-corrected chi connectivity index (χ1v) is 14.1. The van der Waals surface area contributed by atoms with E-state index in [2.05, 4.69) is 25.5 Å². The van der Waals surface area contributed by atoms with Crippen LogP contribution >= 0.6 is 11.6 Å². The number of carbonyl (C=O) groups is 1. The summed E-state index contributed by atoms with van der Waals surface area (Å²) in [6.07, 6.45) is 11.9. The third-order valence-corrected chi connectivity index (χ3v) is 7.97. The van der Waals surface area contributed by atoms with Gasteiger partial charge in [-0.1, -0.05) is 49.8 Å². The van der Waals surface area contributed by atoms with Crippen molar-refractivity contribution in [1.82, 2.24) is 20.2 Å². The molecular weight excluding hydrogens is 502 g/mol. The number of hydrogen-bond acceptors (Lipinski definition) is 6. The van der Waals surface area contributed by atoms with E-state index < -0.39 is 5.91 Å². The molecule has 5 rings (SSSR count). The Kier molecular flexibility index (Phi) is 8.91. The second-order valence-electron chi connectivity index (χ2n) is 10.5. The lowest BCUT2D eigenvalue weighted by atomic mass is 9.87. The van der Waals surface area contributed by atoms with E-state index >= 15 is 0 Å². The Morgan fingerprint density at radius 2 is 1.92 bits per heavy atom. The number of halogens is 1. The van der Waals surface area contributed by atoms with Crippen LogP contribution in [0.25, 0.3) is 11.1 Å². The molecule has 8 nitrogen and oxygen atoms in total. The van der Waals surface area contributed by atoms with Crippen LogP contribution in [0.15, 0.2) is 30.5 Å². The zero-order chi connectivity index (χ0) is 26.3. The van der Waals surface area contributed by atoms with E-state index in [9.17, 15) is 4.79 Å². The molecule has 0 spiro atoms. The van der Waals surface area contributed by atoms with Gasteiger partial charge in [-0.25, -0.2) is 9.97 Å². The number of carbonyl (C=O) groups excluding carboxylic acids is 1. The molecule has 2 fully saturated rings. The highest BCUT2D eigenvalue weighted by molar-refractivity contribution is 6.33. The largest absolute Gasteiger partial charge is 0.494 e. The predicted molar refractivity (Wildman–Crippen MR) is 148 cm³/mol. The number of rotatable bonds is 9. The van der Waals surface area contributed by atoms with Crippen molar-refractivity contribution in [3.05, 3.63) is 52.7 Å². The molecule has 0 radical (unpaired) electrons. The van der Waals surface area contributed by atoms with E-state index in [1.807, 2.05) is 25.1 Å². The highest BCUT2D eigenvalue weighted by Crippen LogP contribution is 2.34. The van der Waals surface area contributed by atoms with Crippen LogP contribution in [-0.2, 0) is 11.2 Å². The summed E-state index contributed by atoms with van der Waals surface area (Å²) >= 11 is 6.55. The van der Waals surface area contributed by atoms with Gasteiger partial charge >= 0.3 is 0 Å². The van der Waals surface area contributed by atoms with Gasteiger partial charge in [-0.15, -0.1) is 5.10 Å². The van der Waals surface area contributed by atoms with Crippen LogP contribution in [-0.4, -0.2) is 45.9 Å². The van der Waals surface area contributed by atoms with Gasteiger partial charge in [-0.3, -0.25) is 9.89 Å². The fourth-order valence-electron chi connectivity index (χ4n) is 5.40. The van der Waals surface area contributed by atoms with Crippen LogP contribution in [0.2, 0.25) is 5.02 Å². The highest BCUT2D eigenvalue weighted by Gasteiger charge is 2.19. The first kappa shape index (κ1) is 26.6. The third-order valence-electron chi connectivity index (χ3n) is 7.67. The number of aryl methyl sites for hydroxylation is 1. The average molecular weight is 538 g/mol. The normalized spacial score (nSPS) is 16.9. The van der Waals surface area contributed by atoms with Crippen molar-refractivity contribution < 1.29 is 14.3 Å². The smallest absolute Gasteiger partial charge is 0.296 e. The number of ether oxygens (including phenoxy) is 2. The summed E-state index contributed by atoms with van der Waals surface area (Å²) in [5, 5.41) is 10.4. The van der Waals surface area contributed by atoms with Gasteiger partial charge in [-0.05, 0) is 67.3 Å². The van der Waals surface area contributed by atoms with Crippen molar-refractivity contribution in [2.45, 2.75) is 64.7 Å². The summed E-state index contributed by atoms with van der Waals surface area (Å²) in [5.74, 6) is 2.92. The molecular formula is C29H36ClN5O3. The van der Waals surface area contributed by atoms with E-state index in [0.717, 1.165) is 67.2 Å². The van der Waals surface area contributed by atoms with Crippen molar-refractivity contribution in [2.75, 3.05) is 25.1 Å². The van der Waals surface area contributed by atoms with Crippen LogP contribution < -0.4 is 10.1 Å². The van der Waals surface area contributed by atoms with Crippen molar-refractivity contribution in [1.29, 1.82) is 0 Å². The van der Waals surface area contributed by atoms with Gasteiger partial charge in [0.1, 0.15) is 17.4 Å². The zero-order valence-corrected chi connectivity index (χ0v) is 22.7. The summed E-state index contributed by atoms with van der Waals surface area (Å²) in [4.78, 5) is 21.6. The lowest BCUT2D eigenvalue weighted by molar-refractivity contribution is 0.0593. The van der Waals surface area contributed by atoms with Crippen molar-refractivity contribution in [3.63, 3.8) is 0 Å². The second kappa shape index (κ2) is 12.7. The lowest BCUT2D eigenvalue weighted by Gasteiger charge is -2.22. The minimum atomic E-state index is -0.404. The van der Waals surface area contributed by atoms with E-state index in [1.165, 1.54) is 32.1 Å². The van der Waals surface area contributed by atoms with Crippen molar-refractivity contribution in [2.24, 2.45) is 11.8 Å². The number of pyridine rings is 1. The Morgan fingerprint density at radius 3 is 2.74 bits per heavy atom. The van der Waals surface area contributed by atoms with Gasteiger partial charge in [0.25, 0.3) is 5.91 Å². The Labute approximate surface area is 228 Å². The quantitative estimate of drug-likeness (QED) is 0.327. The molecule has 1 aromatic carbocycles. The molecule has 3 aromatic rings. The topological polar surface area (TPSA) is 102 Å². The zero-order valence-electron chi connectivity index (χ0n) is 22.0. The number of anilines is 1. The number of benzene rings is 1. The highest BCUT2D eigenvalue weighted by atomic mass is 35.5. The van der Waals surface area contributed by atoms with Gasteiger partial charge in [0, 0.05) is 31.4 Å². The van der Waals surface area contributed by atoms with E-state index in [1.54, 1.807) is 12.3 Å². The molecule has 1 amide bonds. The molecule has 202 valence electrons. The predicted octanol–water partition coefficient (Wildman–Crippen LogP) is 6.40. The number of nitrogens with one attached hydrogen (secondary N) is 2. The van der Waals surface area contributed by atoms with Crippen LogP contribution in [0.3, 0.4) is 0 Å². The van der Waals surface area contributed by atoms with Crippen molar-refractivity contribution in [3.8, 4) is 16.9 Å². The minimum absolute atomic E-state index is 0.116. The molecule has 38 heavy (non-hydrogen) atoms. The summed E-state index contributed by atoms with van der Waals surface area (Å²) < 4.78 is 11.5. The summed E-state index contributed by atoms with van der Waals surface area (Å²) in [6, 6.07) is 7.78. The molecule has 2 N–H and O–H groups in total. The monoisotopic (exact) mass is 537 g/mol. The molecule has 2 aromatic heterocycles. The number of aromatic nitrogens is 4. The SMILES string of the molecule is Cc1ccc(OCCC2CCOCC2)cc1-c1cc(NC(=O)c2n[nH]c(CC3CCCCC3)n2)ncc1Cl. The van der Waals surface area contributed by atoms with Gasteiger partial charge in [0.15, 0.2) is 0 Å². The Balaban J connectivity index is 1.24. The molecule has 1 saturated carbocycles. The molecule has 9 heteroatoms. The standard InChI is InChI=1S/C29H36ClN5O3/c1-19-7-8-22(38-14-11-20-9-12-37-13-10-20)16-23(19)24-17-26(31-18-25(24)30)33-29(36)28-32-27(34-35-28)15-21-5-3-2-4-6-21/h7-8,16-18,20-21H,2-6,9-15H2,1H3,(H,31,33,36)(H,32,34,35). The molecule has 1 aliphatic carbocycles. The first-order chi connectivity index (χ1) is 18.5. The van der Waals surface area contributed by atoms with Gasteiger partial charge in [0.05, 0.1) is 11.6 Å². The number of amides is 1. The summed E-state index contributed by atoms with van der Waals surface area (Å²) in [7, 11) is 0. The Morgan fingerprint density at radius 1 is 1.11 bits per heavy atom. The van der Waals surface area contributed by atoms with E-state index in [0.29, 0.717) is 29.3 Å². The maximum absolute atomic E-state index is 12.9. The third kappa shape index (κ3) is 6.91. The fourth-order valence-corrected chi connectivity index (χ4v) is 5.60. The number of H-pyrrole nitrogens is 1. The van der Waals surface area contributed by atoms with Crippen molar-refractivity contribution >= 4 is 23.3 Å². The maximum Gasteiger partial charge on any atom is 0.296 e. The van der Waals surface area contributed by atoms with Gasteiger partial charge < -0.3 is 14.8 Å². The van der Waals surface area contributed by atoms with E-state index in [-0.39, 0.29) is 5.82 Å². The number of aromatic amines is 1. The van der Waals surface area contributed by atoms with Crippen LogP contribution in [0.5, 0.6) is 5.75 Å². The summed E-state index contributed by atoms with van der Waals surface area (Å²) in [5.41, 5.74) is 2.76. The van der Waals surface area contributed by atoms with Crippen LogP contribution in [0, 0.1) is 18.8 Å². The lowest BCUT2D eigenvalue weighted by Crippen LogP contribution is -2.17. The van der Waals surface area contributed by atoms with E-state index in [4.69, 9.17) is 21.1 Å². The van der Waals surface area contributed by atoms with Gasteiger partial charge in [0.2, 0.25) is 5.82 Å². The second-order valence-corrected chi connectivity index (χ2v) is 10.9. The molecule has 3 heterocycles. The minimum Gasteiger partial charge on any atom is -0.494 e. The van der Waals surface area contributed by atoms with Crippen LogP contribution in [0.4, 0.5) is 5.82 Å². The average Bonchev–Trinajstić information content (AvgIpc) is 3.41. The first-order valence-electron chi connectivity index (χ1n) is 13.7. The Hall–Kier alpha value is -2.97. The molecule has 0 bridgehead atoms. The Bertz CT molecular complexity index is 1230. The summed E-state index contributed by atoms with van der Waals surface area (Å²) in [6.45, 7) is 4.38. The fraction of sp³-hybridized carbons (Fsp3) is 0.517. The maximum atomic E-state index is 12.9. The molecule has 0 atom stereocenters. The molecule has 1 saturated heterocycles. The number of hydrogen-bond donors (Lipinski definition) is 2. The molecule has 0 unspecified atom stereocenters. The molecule has 2 aliphatic rings.